The predicted octanol–water partition coefficient (Wildman–Crippen LogP) is 4.02. The van der Waals surface area contributed by atoms with Crippen molar-refractivity contribution in [1.82, 2.24) is 4.90 Å². The maximum absolute atomic E-state index is 13.3. The van der Waals surface area contributed by atoms with Gasteiger partial charge < -0.3 is 9.64 Å². The fraction of sp³-hybridized carbons (Fsp3) is 0.263. The molecule has 26 heavy (non-hydrogen) atoms. The molecular weight excluding hydrogens is 345 g/mol. The van der Waals surface area contributed by atoms with E-state index in [-0.39, 0.29) is 12.5 Å². The topological polar surface area (TPSA) is 41.9 Å². The number of rotatable bonds is 3. The maximum Gasteiger partial charge on any atom is 0.416 e. The number of hydrogen-bond donors (Lipinski definition) is 0. The van der Waals surface area contributed by atoms with E-state index in [1.807, 2.05) is 0 Å². The van der Waals surface area contributed by atoms with E-state index in [1.54, 1.807) is 38.5 Å². The van der Waals surface area contributed by atoms with Crippen LogP contribution in [0.2, 0.25) is 0 Å². The first-order valence-corrected chi connectivity index (χ1v) is 7.86. The predicted molar refractivity (Wildman–Crippen MR) is 92.7 cm³/mol. The van der Waals surface area contributed by atoms with Crippen molar-refractivity contribution in [1.29, 1.82) is 0 Å². The lowest BCUT2D eigenvalue weighted by molar-refractivity contribution is -0.137. The van der Waals surface area contributed by atoms with E-state index in [4.69, 9.17) is 4.74 Å². The zero-order chi connectivity index (χ0) is 19.1. The number of carbonyl (C=O) groups excluding carboxylic acids is 1. The van der Waals surface area contributed by atoms with Crippen LogP contribution in [0.15, 0.2) is 35.3 Å². The molecule has 1 aliphatic heterocycles. The van der Waals surface area contributed by atoms with Gasteiger partial charge in [0.1, 0.15) is 5.75 Å². The Labute approximate surface area is 148 Å². The normalized spacial score (nSPS) is 12.8. The van der Waals surface area contributed by atoms with Gasteiger partial charge in [0.25, 0.3) is 5.91 Å². The summed E-state index contributed by atoms with van der Waals surface area (Å²) in [5, 5.41) is 0. The summed E-state index contributed by atoms with van der Waals surface area (Å²) in [5.74, 6) is 0.147. The second-order valence-corrected chi connectivity index (χ2v) is 6.18. The van der Waals surface area contributed by atoms with Gasteiger partial charge in [-0.25, -0.2) is 0 Å². The molecule has 0 saturated heterocycles. The van der Waals surface area contributed by atoms with Gasteiger partial charge in [-0.3, -0.25) is 9.79 Å². The fourth-order valence-corrected chi connectivity index (χ4v) is 2.93. The summed E-state index contributed by atoms with van der Waals surface area (Å²) >= 11 is 0. The summed E-state index contributed by atoms with van der Waals surface area (Å²) in [4.78, 5) is 17.8. The summed E-state index contributed by atoms with van der Waals surface area (Å²) in [6.07, 6.45) is -2.92. The minimum atomic E-state index is -4.48. The molecule has 0 aromatic heterocycles. The molecule has 3 rings (SSSR count). The number of alkyl halides is 3. The van der Waals surface area contributed by atoms with E-state index in [1.165, 1.54) is 12.0 Å². The number of methoxy groups -OCH3 is 1. The Bertz CT molecular complexity index is 902. The van der Waals surface area contributed by atoms with Crippen LogP contribution < -0.4 is 4.74 Å². The van der Waals surface area contributed by atoms with Crippen LogP contribution >= 0.6 is 0 Å². The molecule has 0 N–H and O–H groups in total. The molecule has 1 heterocycles. The van der Waals surface area contributed by atoms with Gasteiger partial charge in [-0.1, -0.05) is 0 Å². The minimum absolute atomic E-state index is 0.199. The molecule has 2 aromatic rings. The van der Waals surface area contributed by atoms with E-state index < -0.39 is 11.7 Å². The van der Waals surface area contributed by atoms with Crippen molar-refractivity contribution in [2.24, 2.45) is 4.99 Å². The van der Waals surface area contributed by atoms with Crippen molar-refractivity contribution < 1.29 is 22.7 Å². The molecule has 1 aliphatic rings. The van der Waals surface area contributed by atoms with E-state index in [0.29, 0.717) is 33.6 Å². The number of ether oxygens (including phenoxy) is 1. The first-order chi connectivity index (χ1) is 12.2. The molecule has 0 bridgehead atoms. The highest BCUT2D eigenvalue weighted by molar-refractivity contribution is 5.99. The quantitative estimate of drug-likeness (QED) is 0.828. The summed E-state index contributed by atoms with van der Waals surface area (Å²) < 4.78 is 45.3. The molecule has 2 aromatic carbocycles. The highest BCUT2D eigenvalue weighted by Crippen LogP contribution is 2.40. The Balaban J connectivity index is 2.25. The third-order valence-corrected chi connectivity index (χ3v) is 4.22. The molecule has 0 aliphatic carbocycles. The van der Waals surface area contributed by atoms with Crippen LogP contribution in [0.3, 0.4) is 0 Å². The third kappa shape index (κ3) is 3.16. The van der Waals surface area contributed by atoms with Crippen molar-refractivity contribution >= 4 is 12.1 Å². The Kier molecular flexibility index (Phi) is 4.48. The SMILES string of the molecule is COc1ccc(C(=O)N(C)C)cc1-c1cc(C(F)(F)F)cc2c1C=NC2. The molecule has 0 radical (unpaired) electrons. The molecule has 136 valence electrons. The van der Waals surface area contributed by atoms with Gasteiger partial charge >= 0.3 is 6.18 Å². The number of aliphatic imine (C=N–C) groups is 1. The number of carbonyl (C=O) groups is 1. The van der Waals surface area contributed by atoms with Crippen molar-refractivity contribution in [2.75, 3.05) is 21.2 Å². The van der Waals surface area contributed by atoms with Gasteiger partial charge in [0.05, 0.1) is 19.2 Å². The van der Waals surface area contributed by atoms with Gasteiger partial charge in [-0.2, -0.15) is 13.2 Å². The summed E-state index contributed by atoms with van der Waals surface area (Å²) in [6, 6.07) is 6.94. The molecule has 0 atom stereocenters. The van der Waals surface area contributed by atoms with Crippen LogP contribution in [0.4, 0.5) is 13.2 Å². The van der Waals surface area contributed by atoms with Crippen molar-refractivity contribution in [2.45, 2.75) is 12.7 Å². The van der Waals surface area contributed by atoms with Crippen molar-refractivity contribution in [3.05, 3.63) is 52.6 Å². The Morgan fingerprint density at radius 3 is 2.50 bits per heavy atom. The molecule has 7 heteroatoms. The smallest absolute Gasteiger partial charge is 0.416 e. The zero-order valence-electron chi connectivity index (χ0n) is 14.5. The molecule has 0 spiro atoms. The van der Waals surface area contributed by atoms with Gasteiger partial charge in [0, 0.05) is 37.0 Å². The number of nitrogens with zero attached hydrogens (tertiary/aromatic N) is 2. The van der Waals surface area contributed by atoms with E-state index in [9.17, 15) is 18.0 Å². The lowest BCUT2D eigenvalue weighted by atomic mass is 9.92. The van der Waals surface area contributed by atoms with Crippen LogP contribution in [0, 0.1) is 0 Å². The third-order valence-electron chi connectivity index (χ3n) is 4.22. The molecule has 0 unspecified atom stereocenters. The molecule has 1 amide bonds. The molecule has 0 saturated carbocycles. The Morgan fingerprint density at radius 1 is 1.15 bits per heavy atom. The average Bonchev–Trinajstić information content (AvgIpc) is 3.07. The summed E-state index contributed by atoms with van der Waals surface area (Å²) in [6.45, 7) is 0.199. The largest absolute Gasteiger partial charge is 0.496 e. The second-order valence-electron chi connectivity index (χ2n) is 6.18. The average molecular weight is 362 g/mol. The van der Waals surface area contributed by atoms with Gasteiger partial charge in [-0.15, -0.1) is 0 Å². The van der Waals surface area contributed by atoms with Crippen molar-refractivity contribution in [3.63, 3.8) is 0 Å². The fourth-order valence-electron chi connectivity index (χ4n) is 2.93. The lowest BCUT2D eigenvalue weighted by Crippen LogP contribution is -2.21. The summed E-state index contributed by atoms with van der Waals surface area (Å²) in [5.41, 5.74) is 1.51. The summed E-state index contributed by atoms with van der Waals surface area (Å²) in [7, 11) is 4.66. The highest BCUT2D eigenvalue weighted by Gasteiger charge is 2.33. The Hall–Kier alpha value is -2.83. The lowest BCUT2D eigenvalue weighted by Gasteiger charge is -2.17. The molecular formula is C19H17F3N2O2. The number of halogens is 3. The number of fused-ring (bicyclic) bond motifs is 1. The van der Waals surface area contributed by atoms with E-state index >= 15 is 0 Å². The van der Waals surface area contributed by atoms with Crippen LogP contribution in [-0.4, -0.2) is 38.2 Å². The van der Waals surface area contributed by atoms with Crippen LogP contribution in [-0.2, 0) is 12.7 Å². The second kappa shape index (κ2) is 6.48. The number of amides is 1. The van der Waals surface area contributed by atoms with Crippen LogP contribution in [0.25, 0.3) is 11.1 Å². The molecule has 0 fully saturated rings. The van der Waals surface area contributed by atoms with E-state index in [0.717, 1.165) is 12.1 Å². The van der Waals surface area contributed by atoms with E-state index in [2.05, 4.69) is 4.99 Å². The first-order valence-electron chi connectivity index (χ1n) is 7.86. The number of benzene rings is 2. The zero-order valence-corrected chi connectivity index (χ0v) is 14.5. The first kappa shape index (κ1) is 18.0. The standard InChI is InChI=1S/C19H17F3N2O2/c1-24(2)18(25)11-4-5-17(26-3)15(7-11)14-8-13(19(20,21)22)6-12-9-23-10-16(12)14/h4-8,10H,9H2,1-3H3. The monoisotopic (exact) mass is 362 g/mol. The Morgan fingerprint density at radius 2 is 1.88 bits per heavy atom. The molecule has 4 nitrogen and oxygen atoms in total. The maximum atomic E-state index is 13.3. The van der Waals surface area contributed by atoms with Crippen LogP contribution in [0.5, 0.6) is 5.75 Å². The van der Waals surface area contributed by atoms with Gasteiger partial charge in [-0.05, 0) is 41.5 Å². The minimum Gasteiger partial charge on any atom is -0.496 e. The van der Waals surface area contributed by atoms with Gasteiger partial charge in [0.15, 0.2) is 0 Å². The number of hydrogen-bond acceptors (Lipinski definition) is 3. The van der Waals surface area contributed by atoms with Gasteiger partial charge in [0.2, 0.25) is 0 Å². The van der Waals surface area contributed by atoms with Crippen LogP contribution in [0.1, 0.15) is 27.0 Å². The highest BCUT2D eigenvalue weighted by atomic mass is 19.4. The van der Waals surface area contributed by atoms with Crippen molar-refractivity contribution in [3.8, 4) is 16.9 Å².